The second kappa shape index (κ2) is 3.47. The summed E-state index contributed by atoms with van der Waals surface area (Å²) < 4.78 is 0.347. The van der Waals surface area contributed by atoms with Gasteiger partial charge in [0.25, 0.3) is 5.91 Å². The third-order valence-corrected chi connectivity index (χ3v) is 3.38. The quantitative estimate of drug-likeness (QED) is 0.860. The fourth-order valence-electron chi connectivity index (χ4n) is 1.24. The summed E-state index contributed by atoms with van der Waals surface area (Å²) >= 11 is 6.96. The second-order valence-corrected chi connectivity index (χ2v) is 5.30. The zero-order chi connectivity index (χ0) is 11.1. The number of amides is 1. The van der Waals surface area contributed by atoms with E-state index < -0.39 is 5.54 Å². The Hall–Kier alpha value is -1.12. The maximum atomic E-state index is 11.7. The number of carbonyl (C=O) groups excluding carboxylic acids is 1. The molecule has 1 fully saturated rings. The molecule has 0 spiro atoms. The highest BCUT2D eigenvalue weighted by molar-refractivity contribution is 7.15. The van der Waals surface area contributed by atoms with Gasteiger partial charge in [-0.2, -0.15) is 5.26 Å². The maximum Gasteiger partial charge on any atom is 0.272 e. The largest absolute Gasteiger partial charge is 0.332 e. The molecule has 0 bridgehead atoms. The van der Waals surface area contributed by atoms with Crippen molar-refractivity contribution in [3.05, 3.63) is 15.0 Å². The minimum Gasteiger partial charge on any atom is -0.332 e. The Bertz CT molecular complexity index is 458. The Balaban J connectivity index is 2.16. The van der Waals surface area contributed by atoms with E-state index in [9.17, 15) is 4.79 Å². The van der Waals surface area contributed by atoms with Crippen molar-refractivity contribution in [2.75, 3.05) is 0 Å². The average Bonchev–Trinajstić information content (AvgIpc) is 2.86. The molecule has 0 unspecified atom stereocenters. The van der Waals surface area contributed by atoms with Gasteiger partial charge in [0.2, 0.25) is 0 Å². The van der Waals surface area contributed by atoms with Crippen LogP contribution in [0.15, 0.2) is 0 Å². The molecule has 4 nitrogen and oxygen atoms in total. The molecule has 1 aliphatic carbocycles. The third-order valence-electron chi connectivity index (χ3n) is 2.30. The van der Waals surface area contributed by atoms with E-state index in [0.717, 1.165) is 4.88 Å². The van der Waals surface area contributed by atoms with Crippen LogP contribution in [0.2, 0.25) is 4.47 Å². The van der Waals surface area contributed by atoms with Gasteiger partial charge in [-0.3, -0.25) is 4.79 Å². The van der Waals surface area contributed by atoms with E-state index in [1.165, 1.54) is 11.3 Å². The zero-order valence-electron chi connectivity index (χ0n) is 8.00. The number of nitrogens with zero attached hydrogens (tertiary/aromatic N) is 2. The Morgan fingerprint density at radius 3 is 2.80 bits per heavy atom. The lowest BCUT2D eigenvalue weighted by molar-refractivity contribution is 0.0936. The van der Waals surface area contributed by atoms with Crippen LogP contribution in [-0.4, -0.2) is 16.4 Å². The molecule has 1 N–H and O–H groups in total. The summed E-state index contributed by atoms with van der Waals surface area (Å²) in [7, 11) is 0. The van der Waals surface area contributed by atoms with Crippen LogP contribution < -0.4 is 5.32 Å². The fraction of sp³-hybridized carbons (Fsp3) is 0.444. The molecule has 78 valence electrons. The first kappa shape index (κ1) is 10.4. The molecule has 0 aromatic carbocycles. The van der Waals surface area contributed by atoms with Crippen LogP contribution in [0.5, 0.6) is 0 Å². The third kappa shape index (κ3) is 1.96. The number of aromatic nitrogens is 1. The standard InChI is InChI=1S/C9H8ClN3OS/c1-5-6(12-8(10)15-5)7(14)13-9(4-11)2-3-9/h2-3H2,1H3,(H,13,14). The van der Waals surface area contributed by atoms with Crippen molar-refractivity contribution in [3.63, 3.8) is 0 Å². The molecule has 1 heterocycles. The van der Waals surface area contributed by atoms with Gasteiger partial charge in [0, 0.05) is 4.88 Å². The first-order valence-electron chi connectivity index (χ1n) is 4.43. The van der Waals surface area contributed by atoms with Gasteiger partial charge in [-0.15, -0.1) is 11.3 Å². The van der Waals surface area contributed by atoms with Crippen LogP contribution >= 0.6 is 22.9 Å². The van der Waals surface area contributed by atoms with Gasteiger partial charge in [0.1, 0.15) is 11.2 Å². The minimum atomic E-state index is -0.653. The predicted octanol–water partition coefficient (Wildman–Crippen LogP) is 1.89. The lowest BCUT2D eigenvalue weighted by atomic mass is 10.2. The monoisotopic (exact) mass is 241 g/mol. The number of hydrogen-bond donors (Lipinski definition) is 1. The summed E-state index contributed by atoms with van der Waals surface area (Å²) in [6.07, 6.45) is 1.43. The summed E-state index contributed by atoms with van der Waals surface area (Å²) in [5, 5.41) is 11.5. The van der Waals surface area contributed by atoms with E-state index in [1.54, 1.807) is 6.92 Å². The number of nitrogens with one attached hydrogen (secondary N) is 1. The van der Waals surface area contributed by atoms with E-state index in [4.69, 9.17) is 16.9 Å². The van der Waals surface area contributed by atoms with Crippen molar-refractivity contribution in [2.24, 2.45) is 0 Å². The lowest BCUT2D eigenvalue weighted by Gasteiger charge is -2.07. The van der Waals surface area contributed by atoms with E-state index in [-0.39, 0.29) is 5.91 Å². The molecular weight excluding hydrogens is 234 g/mol. The van der Waals surface area contributed by atoms with Crippen molar-refractivity contribution in [1.82, 2.24) is 10.3 Å². The van der Waals surface area contributed by atoms with Gasteiger partial charge in [-0.25, -0.2) is 4.98 Å². The van der Waals surface area contributed by atoms with Gasteiger partial charge in [0.15, 0.2) is 4.47 Å². The van der Waals surface area contributed by atoms with Crippen LogP contribution in [0.25, 0.3) is 0 Å². The van der Waals surface area contributed by atoms with E-state index in [0.29, 0.717) is 23.0 Å². The summed E-state index contributed by atoms with van der Waals surface area (Å²) in [4.78, 5) is 16.4. The number of nitriles is 1. The molecule has 2 rings (SSSR count). The number of thiazole rings is 1. The smallest absolute Gasteiger partial charge is 0.272 e. The van der Waals surface area contributed by atoms with Gasteiger partial charge < -0.3 is 5.32 Å². The molecule has 1 amide bonds. The number of halogens is 1. The molecule has 0 atom stereocenters. The number of rotatable bonds is 2. The molecule has 1 aliphatic rings. The van der Waals surface area contributed by atoms with Crippen LogP contribution in [0.3, 0.4) is 0 Å². The van der Waals surface area contributed by atoms with Crippen molar-refractivity contribution >= 4 is 28.8 Å². The highest BCUT2D eigenvalue weighted by atomic mass is 35.5. The summed E-state index contributed by atoms with van der Waals surface area (Å²) in [6, 6.07) is 2.09. The van der Waals surface area contributed by atoms with Crippen molar-refractivity contribution in [1.29, 1.82) is 5.26 Å². The minimum absolute atomic E-state index is 0.310. The van der Waals surface area contributed by atoms with Crippen molar-refractivity contribution < 1.29 is 4.79 Å². The molecule has 0 saturated heterocycles. The SMILES string of the molecule is Cc1sc(Cl)nc1C(=O)NC1(C#N)CC1. The van der Waals surface area contributed by atoms with E-state index in [2.05, 4.69) is 16.4 Å². The van der Waals surface area contributed by atoms with E-state index >= 15 is 0 Å². The number of carbonyl (C=O) groups is 1. The molecule has 1 aromatic rings. The van der Waals surface area contributed by atoms with Crippen LogP contribution in [-0.2, 0) is 0 Å². The summed E-state index contributed by atoms with van der Waals surface area (Å²) in [5.74, 6) is -0.310. The van der Waals surface area contributed by atoms with Crippen LogP contribution in [0, 0.1) is 18.3 Å². The Kier molecular flexibility index (Phi) is 2.41. The molecule has 6 heteroatoms. The Morgan fingerprint density at radius 1 is 1.73 bits per heavy atom. The molecule has 0 aliphatic heterocycles. The first-order chi connectivity index (χ1) is 7.06. The zero-order valence-corrected chi connectivity index (χ0v) is 9.58. The Labute approximate surface area is 95.9 Å². The number of aryl methyl sites for hydroxylation is 1. The normalized spacial score (nSPS) is 16.9. The molecule has 1 saturated carbocycles. The average molecular weight is 242 g/mol. The van der Waals surface area contributed by atoms with Gasteiger partial charge in [-0.1, -0.05) is 11.6 Å². The molecular formula is C9H8ClN3OS. The van der Waals surface area contributed by atoms with E-state index in [1.807, 2.05) is 0 Å². The van der Waals surface area contributed by atoms with Crippen molar-refractivity contribution in [2.45, 2.75) is 25.3 Å². The molecule has 1 aromatic heterocycles. The molecule has 0 radical (unpaired) electrons. The van der Waals surface area contributed by atoms with Crippen LogP contribution in [0.4, 0.5) is 0 Å². The van der Waals surface area contributed by atoms with Gasteiger partial charge in [0.05, 0.1) is 6.07 Å². The van der Waals surface area contributed by atoms with Crippen LogP contribution in [0.1, 0.15) is 28.2 Å². The lowest BCUT2D eigenvalue weighted by Crippen LogP contribution is -2.36. The maximum absolute atomic E-state index is 11.7. The highest BCUT2D eigenvalue weighted by Gasteiger charge is 2.45. The Morgan fingerprint density at radius 2 is 2.40 bits per heavy atom. The predicted molar refractivity (Wildman–Crippen MR) is 56.9 cm³/mol. The molecule has 15 heavy (non-hydrogen) atoms. The summed E-state index contributed by atoms with van der Waals surface area (Å²) in [6.45, 7) is 1.78. The number of hydrogen-bond acceptors (Lipinski definition) is 4. The van der Waals surface area contributed by atoms with Gasteiger partial charge >= 0.3 is 0 Å². The second-order valence-electron chi connectivity index (χ2n) is 3.52. The van der Waals surface area contributed by atoms with Crippen molar-refractivity contribution in [3.8, 4) is 6.07 Å². The fourth-order valence-corrected chi connectivity index (χ4v) is 2.30. The van der Waals surface area contributed by atoms with Gasteiger partial charge in [-0.05, 0) is 19.8 Å². The topological polar surface area (TPSA) is 65.8 Å². The summed E-state index contributed by atoms with van der Waals surface area (Å²) in [5.41, 5.74) is -0.328. The highest BCUT2D eigenvalue weighted by Crippen LogP contribution is 2.35. The first-order valence-corrected chi connectivity index (χ1v) is 5.62.